The number of para-hydroxylation sites is 3. The van der Waals surface area contributed by atoms with Gasteiger partial charge in [0.2, 0.25) is 17.7 Å². The Labute approximate surface area is 185 Å². The van der Waals surface area contributed by atoms with Crippen LogP contribution in [0.2, 0.25) is 5.02 Å². The quantitative estimate of drug-likeness (QED) is 0.740. The Morgan fingerprint density at radius 2 is 1.58 bits per heavy atom. The number of halogens is 1. The fraction of sp³-hybridized carbons (Fsp3) is 0.318. The smallest absolute Gasteiger partial charge is 0.244 e. The van der Waals surface area contributed by atoms with Gasteiger partial charge in [-0.3, -0.25) is 29.1 Å². The number of nitrogens with one attached hydrogen (secondary N) is 2. The predicted octanol–water partition coefficient (Wildman–Crippen LogP) is 1.88. The lowest BCUT2D eigenvalue weighted by atomic mass is 10.2. The number of carbonyl (C=O) groups is 3. The third-order valence-electron chi connectivity index (χ3n) is 5.41. The molecule has 0 atom stereocenters. The Morgan fingerprint density at radius 3 is 2.32 bits per heavy atom. The van der Waals surface area contributed by atoms with Gasteiger partial charge in [0.25, 0.3) is 0 Å². The molecule has 3 amide bonds. The maximum absolute atomic E-state index is 12.9. The number of amides is 3. The molecule has 0 unspecified atom stereocenters. The number of hydrogen-bond donors (Lipinski definition) is 2. The number of fused-ring (bicyclic) bond motifs is 1. The Kier molecular flexibility index (Phi) is 6.50. The Balaban J connectivity index is 1.27. The molecule has 0 saturated carbocycles. The fourth-order valence-electron chi connectivity index (χ4n) is 3.79. The summed E-state index contributed by atoms with van der Waals surface area (Å²) in [6.45, 7) is 3.24. The van der Waals surface area contributed by atoms with E-state index in [1.54, 1.807) is 18.2 Å². The van der Waals surface area contributed by atoms with E-state index in [1.807, 2.05) is 30.3 Å². The number of nitrogens with zero attached hydrogens (tertiary/aromatic N) is 3. The number of piperazine rings is 1. The summed E-state index contributed by atoms with van der Waals surface area (Å²) in [6.07, 6.45) is 0. The molecule has 8 nitrogen and oxygen atoms in total. The van der Waals surface area contributed by atoms with Gasteiger partial charge >= 0.3 is 0 Å². The zero-order valence-electron chi connectivity index (χ0n) is 17.0. The summed E-state index contributed by atoms with van der Waals surface area (Å²) in [7, 11) is 0. The van der Waals surface area contributed by atoms with Crippen LogP contribution in [0.25, 0.3) is 0 Å². The van der Waals surface area contributed by atoms with Crippen molar-refractivity contribution in [2.24, 2.45) is 0 Å². The number of hydrogen-bond acceptors (Lipinski definition) is 5. The van der Waals surface area contributed by atoms with E-state index in [4.69, 9.17) is 11.6 Å². The maximum atomic E-state index is 12.9. The molecule has 1 saturated heterocycles. The molecule has 9 heteroatoms. The van der Waals surface area contributed by atoms with Crippen molar-refractivity contribution in [2.75, 3.05) is 61.3 Å². The molecule has 0 spiro atoms. The molecule has 2 aliphatic heterocycles. The van der Waals surface area contributed by atoms with Crippen LogP contribution in [0.3, 0.4) is 0 Å². The summed E-state index contributed by atoms with van der Waals surface area (Å²) < 4.78 is 0. The number of rotatable bonds is 5. The third kappa shape index (κ3) is 5.22. The largest absolute Gasteiger partial charge is 0.324 e. The van der Waals surface area contributed by atoms with E-state index in [-0.39, 0.29) is 37.4 Å². The van der Waals surface area contributed by atoms with Gasteiger partial charge in [0.05, 0.1) is 35.2 Å². The molecule has 4 rings (SSSR count). The summed E-state index contributed by atoms with van der Waals surface area (Å²) in [5.41, 5.74) is 1.98. The Morgan fingerprint density at radius 1 is 0.935 bits per heavy atom. The van der Waals surface area contributed by atoms with Crippen LogP contribution in [0.1, 0.15) is 0 Å². The van der Waals surface area contributed by atoms with E-state index in [0.717, 1.165) is 5.69 Å². The van der Waals surface area contributed by atoms with Crippen molar-refractivity contribution in [3.8, 4) is 0 Å². The average Bonchev–Trinajstić information content (AvgIpc) is 2.76. The first-order valence-corrected chi connectivity index (χ1v) is 10.6. The second-order valence-electron chi connectivity index (χ2n) is 7.63. The highest BCUT2D eigenvalue weighted by Gasteiger charge is 2.28. The first-order chi connectivity index (χ1) is 15.0. The van der Waals surface area contributed by atoms with Gasteiger partial charge in [0, 0.05) is 26.2 Å². The lowest BCUT2D eigenvalue weighted by Crippen LogP contribution is -2.52. The standard InChI is InChI=1S/C22H24ClN5O3/c23-16-5-1-2-6-17(16)24-20(29)13-26-9-11-27(12-10-26)15-22(31)28-14-21(30)25-18-7-3-4-8-19(18)28/h1-8H,9-15H2,(H,24,29)(H,25,30). The molecule has 0 aromatic heterocycles. The van der Waals surface area contributed by atoms with Crippen molar-refractivity contribution in [3.63, 3.8) is 0 Å². The summed E-state index contributed by atoms with van der Waals surface area (Å²) in [4.78, 5) is 42.8. The van der Waals surface area contributed by atoms with E-state index >= 15 is 0 Å². The van der Waals surface area contributed by atoms with E-state index in [2.05, 4.69) is 20.4 Å². The molecule has 1 fully saturated rings. The second-order valence-corrected chi connectivity index (χ2v) is 8.03. The highest BCUT2D eigenvalue weighted by Crippen LogP contribution is 2.29. The zero-order chi connectivity index (χ0) is 21.8. The summed E-state index contributed by atoms with van der Waals surface area (Å²) in [6, 6.07) is 14.4. The van der Waals surface area contributed by atoms with Crippen molar-refractivity contribution >= 4 is 46.4 Å². The zero-order valence-corrected chi connectivity index (χ0v) is 17.8. The lowest BCUT2D eigenvalue weighted by Gasteiger charge is -2.36. The van der Waals surface area contributed by atoms with Crippen LogP contribution in [0.15, 0.2) is 48.5 Å². The SMILES string of the molecule is O=C(CN1CCN(CC(=O)N2CC(=O)Nc3ccccc32)CC1)Nc1ccccc1Cl. The normalized spacial score (nSPS) is 17.1. The number of anilines is 3. The Bertz CT molecular complexity index is 991. The topological polar surface area (TPSA) is 85.0 Å². The molecule has 2 heterocycles. The molecule has 2 N–H and O–H groups in total. The van der Waals surface area contributed by atoms with Crippen molar-refractivity contribution in [1.82, 2.24) is 9.80 Å². The molecule has 2 aromatic rings. The van der Waals surface area contributed by atoms with E-state index in [1.165, 1.54) is 4.90 Å². The Hall–Kier alpha value is -2.94. The molecular formula is C22H24ClN5O3. The fourth-order valence-corrected chi connectivity index (χ4v) is 3.98. The number of benzene rings is 2. The van der Waals surface area contributed by atoms with Gasteiger partial charge in [-0.05, 0) is 24.3 Å². The number of carbonyl (C=O) groups excluding carboxylic acids is 3. The van der Waals surface area contributed by atoms with Gasteiger partial charge in [-0.1, -0.05) is 35.9 Å². The van der Waals surface area contributed by atoms with Crippen LogP contribution in [-0.4, -0.2) is 73.3 Å². The van der Waals surface area contributed by atoms with Crippen molar-refractivity contribution in [3.05, 3.63) is 53.6 Å². The van der Waals surface area contributed by atoms with E-state index in [0.29, 0.717) is 42.6 Å². The van der Waals surface area contributed by atoms with Crippen LogP contribution < -0.4 is 15.5 Å². The molecule has 0 bridgehead atoms. The summed E-state index contributed by atoms with van der Waals surface area (Å²) >= 11 is 6.09. The van der Waals surface area contributed by atoms with Gasteiger partial charge in [-0.25, -0.2) is 0 Å². The first kappa shape index (κ1) is 21.3. The monoisotopic (exact) mass is 441 g/mol. The average molecular weight is 442 g/mol. The van der Waals surface area contributed by atoms with Crippen LogP contribution in [0.4, 0.5) is 17.1 Å². The predicted molar refractivity (Wildman–Crippen MR) is 120 cm³/mol. The van der Waals surface area contributed by atoms with Crippen LogP contribution in [0, 0.1) is 0 Å². The highest BCUT2D eigenvalue weighted by molar-refractivity contribution is 6.33. The first-order valence-electron chi connectivity index (χ1n) is 10.2. The molecule has 31 heavy (non-hydrogen) atoms. The van der Waals surface area contributed by atoms with Gasteiger partial charge < -0.3 is 10.6 Å². The molecule has 2 aliphatic rings. The summed E-state index contributed by atoms with van der Waals surface area (Å²) in [5, 5.41) is 6.13. The van der Waals surface area contributed by atoms with Crippen molar-refractivity contribution in [2.45, 2.75) is 0 Å². The van der Waals surface area contributed by atoms with Crippen LogP contribution in [-0.2, 0) is 14.4 Å². The van der Waals surface area contributed by atoms with Gasteiger partial charge in [0.15, 0.2) is 0 Å². The maximum Gasteiger partial charge on any atom is 0.244 e. The summed E-state index contributed by atoms with van der Waals surface area (Å²) in [5.74, 6) is -0.415. The van der Waals surface area contributed by atoms with Crippen molar-refractivity contribution < 1.29 is 14.4 Å². The highest BCUT2D eigenvalue weighted by atomic mass is 35.5. The molecule has 162 valence electrons. The van der Waals surface area contributed by atoms with Crippen molar-refractivity contribution in [1.29, 1.82) is 0 Å². The van der Waals surface area contributed by atoms with Gasteiger partial charge in [-0.2, -0.15) is 0 Å². The third-order valence-corrected chi connectivity index (χ3v) is 5.74. The molecule has 0 radical (unpaired) electrons. The van der Waals surface area contributed by atoms with E-state index < -0.39 is 0 Å². The van der Waals surface area contributed by atoms with Gasteiger partial charge in [-0.15, -0.1) is 0 Å². The van der Waals surface area contributed by atoms with Crippen LogP contribution in [0.5, 0.6) is 0 Å². The molecule has 2 aromatic carbocycles. The molecule has 0 aliphatic carbocycles. The van der Waals surface area contributed by atoms with E-state index in [9.17, 15) is 14.4 Å². The minimum atomic E-state index is -0.193. The second kappa shape index (κ2) is 9.47. The minimum absolute atomic E-state index is 0.0258. The van der Waals surface area contributed by atoms with Gasteiger partial charge in [0.1, 0.15) is 6.54 Å². The lowest BCUT2D eigenvalue weighted by molar-refractivity contribution is -0.123. The molecular weight excluding hydrogens is 418 g/mol. The van der Waals surface area contributed by atoms with Crippen LogP contribution >= 0.6 is 11.6 Å². The minimum Gasteiger partial charge on any atom is -0.324 e.